The molecule has 0 aliphatic heterocycles. The molecule has 136 valence electrons. The molecule has 0 fully saturated rings. The number of rotatable bonds is 6. The summed E-state index contributed by atoms with van der Waals surface area (Å²) >= 11 is 4.91. The topological polar surface area (TPSA) is 42.5 Å². The van der Waals surface area contributed by atoms with Gasteiger partial charge in [-0.2, -0.15) is 26.3 Å². The molecule has 1 aromatic rings. The van der Waals surface area contributed by atoms with Gasteiger partial charge in [-0.25, -0.2) is 0 Å². The Kier molecular flexibility index (Phi) is 6.93. The van der Waals surface area contributed by atoms with Crippen molar-refractivity contribution < 1.29 is 35.8 Å². The zero-order chi connectivity index (χ0) is 18.4. The summed E-state index contributed by atoms with van der Waals surface area (Å²) in [6.45, 7) is -0.943. The van der Waals surface area contributed by atoms with E-state index in [9.17, 15) is 26.3 Å². The van der Waals surface area contributed by atoms with Crippen LogP contribution in [-0.4, -0.2) is 37.2 Å². The minimum absolute atomic E-state index is 0.123. The zero-order valence-corrected chi connectivity index (χ0v) is 13.2. The van der Waals surface area contributed by atoms with Gasteiger partial charge in [-0.15, -0.1) is 0 Å². The third kappa shape index (κ3) is 8.65. The van der Waals surface area contributed by atoms with E-state index in [2.05, 4.69) is 20.1 Å². The van der Waals surface area contributed by atoms with Gasteiger partial charge in [0.2, 0.25) is 0 Å². The number of hydrogen-bond acceptors (Lipinski definition) is 3. The Morgan fingerprint density at radius 2 is 1.42 bits per heavy atom. The summed E-state index contributed by atoms with van der Waals surface area (Å²) in [5.41, 5.74) is 0.123. The van der Waals surface area contributed by atoms with E-state index in [-0.39, 0.29) is 22.3 Å². The molecule has 1 rings (SSSR count). The molecule has 0 aromatic heterocycles. The van der Waals surface area contributed by atoms with E-state index in [1.165, 1.54) is 0 Å². The summed E-state index contributed by atoms with van der Waals surface area (Å²) in [7, 11) is 0. The molecule has 0 aliphatic carbocycles. The monoisotopic (exact) mass is 376 g/mol. The molecule has 0 heterocycles. The molecule has 0 spiro atoms. The first kappa shape index (κ1) is 20.1. The van der Waals surface area contributed by atoms with Crippen LogP contribution in [-0.2, 0) is 0 Å². The maximum Gasteiger partial charge on any atom is 0.422 e. The fourth-order valence-electron chi connectivity index (χ4n) is 1.48. The lowest BCUT2D eigenvalue weighted by atomic mass is 10.2. The smallest absolute Gasteiger partial charge is 0.422 e. The highest BCUT2D eigenvalue weighted by atomic mass is 32.1. The Bertz CT molecular complexity index is 526. The first-order chi connectivity index (χ1) is 11.0. The molecule has 0 unspecified atom stereocenters. The van der Waals surface area contributed by atoms with Gasteiger partial charge in [0.05, 0.1) is 0 Å². The Morgan fingerprint density at radius 1 is 0.958 bits per heavy atom. The Balaban J connectivity index is 2.93. The highest BCUT2D eigenvalue weighted by Crippen LogP contribution is 2.29. The van der Waals surface area contributed by atoms with Crippen LogP contribution in [0.1, 0.15) is 6.92 Å². The van der Waals surface area contributed by atoms with Crippen LogP contribution in [0.15, 0.2) is 18.2 Å². The molecule has 24 heavy (non-hydrogen) atoms. The van der Waals surface area contributed by atoms with Crippen LogP contribution in [0, 0.1) is 0 Å². The number of benzene rings is 1. The van der Waals surface area contributed by atoms with Crippen LogP contribution in [0.25, 0.3) is 0 Å². The fraction of sp³-hybridized carbons (Fsp3) is 0.462. The lowest BCUT2D eigenvalue weighted by Crippen LogP contribution is -2.28. The maximum absolute atomic E-state index is 12.2. The van der Waals surface area contributed by atoms with Gasteiger partial charge in [-0.3, -0.25) is 0 Å². The van der Waals surface area contributed by atoms with E-state index >= 15 is 0 Å². The Morgan fingerprint density at radius 3 is 1.79 bits per heavy atom. The van der Waals surface area contributed by atoms with E-state index in [1.54, 1.807) is 6.92 Å². The van der Waals surface area contributed by atoms with Crippen molar-refractivity contribution in [1.29, 1.82) is 0 Å². The maximum atomic E-state index is 12.2. The summed E-state index contributed by atoms with van der Waals surface area (Å²) in [5.74, 6) is -0.623. The quantitative estimate of drug-likeness (QED) is 0.583. The van der Waals surface area contributed by atoms with Gasteiger partial charge in [-0.1, -0.05) is 0 Å². The van der Waals surface area contributed by atoms with E-state index in [0.29, 0.717) is 6.54 Å². The number of nitrogens with one attached hydrogen (secondary N) is 2. The SMILES string of the molecule is CCNC(=S)Nc1cc(OCC(F)(F)F)cc(OCC(F)(F)F)c1. The predicted octanol–water partition coefficient (Wildman–Crippen LogP) is 3.88. The number of anilines is 1. The van der Waals surface area contributed by atoms with Crippen LogP contribution in [0.2, 0.25) is 0 Å². The van der Waals surface area contributed by atoms with E-state index < -0.39 is 25.6 Å². The van der Waals surface area contributed by atoms with Crippen LogP contribution in [0.4, 0.5) is 32.0 Å². The van der Waals surface area contributed by atoms with Crippen LogP contribution in [0.5, 0.6) is 11.5 Å². The third-order valence-corrected chi connectivity index (χ3v) is 2.53. The zero-order valence-electron chi connectivity index (χ0n) is 12.3. The summed E-state index contributed by atoms with van der Waals surface area (Å²) in [5, 5.41) is 5.49. The molecule has 0 saturated carbocycles. The van der Waals surface area contributed by atoms with Crippen molar-refractivity contribution in [3.05, 3.63) is 18.2 Å². The molecule has 0 bridgehead atoms. The van der Waals surface area contributed by atoms with Crippen molar-refractivity contribution in [3.8, 4) is 11.5 Å². The largest absolute Gasteiger partial charge is 0.484 e. The van der Waals surface area contributed by atoms with Gasteiger partial charge in [0.25, 0.3) is 0 Å². The summed E-state index contributed by atoms with van der Waals surface area (Å²) in [6, 6.07) is 3.25. The fourth-order valence-corrected chi connectivity index (χ4v) is 1.74. The molecular formula is C13H14F6N2O2S. The van der Waals surface area contributed by atoms with Crippen LogP contribution in [0.3, 0.4) is 0 Å². The molecule has 1 aromatic carbocycles. The van der Waals surface area contributed by atoms with Crippen molar-refractivity contribution in [3.63, 3.8) is 0 Å². The lowest BCUT2D eigenvalue weighted by molar-refractivity contribution is -0.153. The standard InChI is InChI=1S/C13H14F6N2O2S/c1-2-20-11(24)21-8-3-9(22-6-12(14,15)16)5-10(4-8)23-7-13(17,18)19/h3-5H,2,6-7H2,1H3,(H2,20,21,24). The molecule has 0 aliphatic rings. The second kappa shape index (κ2) is 8.27. The number of hydrogen-bond donors (Lipinski definition) is 2. The van der Waals surface area contributed by atoms with Gasteiger partial charge in [0.15, 0.2) is 18.3 Å². The average molecular weight is 376 g/mol. The molecule has 0 amide bonds. The molecule has 0 radical (unpaired) electrons. The Labute approximate surface area is 139 Å². The van der Waals surface area contributed by atoms with Crippen molar-refractivity contribution in [2.45, 2.75) is 19.3 Å². The van der Waals surface area contributed by atoms with Gasteiger partial charge < -0.3 is 20.1 Å². The lowest BCUT2D eigenvalue weighted by Gasteiger charge is -2.15. The summed E-state index contributed by atoms with van der Waals surface area (Å²) < 4.78 is 82.3. The highest BCUT2D eigenvalue weighted by Gasteiger charge is 2.30. The minimum Gasteiger partial charge on any atom is -0.484 e. The van der Waals surface area contributed by atoms with E-state index in [0.717, 1.165) is 18.2 Å². The van der Waals surface area contributed by atoms with Crippen LogP contribution < -0.4 is 20.1 Å². The number of ether oxygens (including phenoxy) is 2. The number of alkyl halides is 6. The number of halogens is 6. The normalized spacial score (nSPS) is 11.8. The number of thiocarbonyl (C=S) groups is 1. The van der Waals surface area contributed by atoms with E-state index in [1.807, 2.05) is 0 Å². The molecular weight excluding hydrogens is 362 g/mol. The third-order valence-electron chi connectivity index (χ3n) is 2.28. The van der Waals surface area contributed by atoms with Gasteiger partial charge in [-0.05, 0) is 19.1 Å². The molecule has 2 N–H and O–H groups in total. The van der Waals surface area contributed by atoms with Crippen LogP contribution >= 0.6 is 12.2 Å². The van der Waals surface area contributed by atoms with Gasteiger partial charge in [0, 0.05) is 30.4 Å². The molecule has 0 saturated heterocycles. The van der Waals surface area contributed by atoms with Crippen molar-refractivity contribution in [1.82, 2.24) is 5.32 Å². The highest BCUT2D eigenvalue weighted by molar-refractivity contribution is 7.80. The van der Waals surface area contributed by atoms with Gasteiger partial charge >= 0.3 is 12.4 Å². The molecule has 0 atom stereocenters. The second-order valence-electron chi connectivity index (χ2n) is 4.49. The van der Waals surface area contributed by atoms with Gasteiger partial charge in [0.1, 0.15) is 11.5 Å². The molecule has 11 heteroatoms. The van der Waals surface area contributed by atoms with E-state index in [4.69, 9.17) is 12.2 Å². The first-order valence-corrected chi connectivity index (χ1v) is 6.98. The average Bonchev–Trinajstić information content (AvgIpc) is 2.41. The molecule has 4 nitrogen and oxygen atoms in total. The first-order valence-electron chi connectivity index (χ1n) is 6.57. The van der Waals surface area contributed by atoms with Crippen molar-refractivity contribution >= 4 is 23.0 Å². The minimum atomic E-state index is -4.59. The summed E-state index contributed by atoms with van der Waals surface area (Å²) in [4.78, 5) is 0. The van der Waals surface area contributed by atoms with Crippen molar-refractivity contribution in [2.24, 2.45) is 0 Å². The predicted molar refractivity (Wildman–Crippen MR) is 79.4 cm³/mol. The summed E-state index contributed by atoms with van der Waals surface area (Å²) in [6.07, 6.45) is -9.18. The van der Waals surface area contributed by atoms with Crippen molar-refractivity contribution in [2.75, 3.05) is 25.1 Å². The second-order valence-corrected chi connectivity index (χ2v) is 4.89. The Hall–Kier alpha value is -1.91.